The van der Waals surface area contributed by atoms with Gasteiger partial charge in [-0.25, -0.2) is 8.42 Å². The summed E-state index contributed by atoms with van der Waals surface area (Å²) in [5.74, 6) is 0.799. The van der Waals surface area contributed by atoms with Gasteiger partial charge in [0.2, 0.25) is 10.0 Å². The van der Waals surface area contributed by atoms with Crippen molar-refractivity contribution in [2.24, 2.45) is 0 Å². The average Bonchev–Trinajstić information content (AvgIpc) is 3.54. The second kappa shape index (κ2) is 8.01. The molecule has 0 bridgehead atoms. The second-order valence-corrected chi connectivity index (χ2v) is 11.4. The fraction of sp³-hybridized carbons (Fsp3) is 0.280. The van der Waals surface area contributed by atoms with Crippen molar-refractivity contribution in [1.29, 1.82) is 5.26 Å². The molecule has 1 saturated heterocycles. The molecular formula is C25H24N8O2S. The Morgan fingerprint density at radius 1 is 1.06 bits per heavy atom. The van der Waals surface area contributed by atoms with Crippen LogP contribution in [0.5, 0.6) is 0 Å². The van der Waals surface area contributed by atoms with E-state index < -0.39 is 15.6 Å². The Labute approximate surface area is 208 Å². The van der Waals surface area contributed by atoms with Crippen molar-refractivity contribution in [3.05, 3.63) is 72.2 Å². The number of nitrogens with zero attached hydrogens (tertiary/aromatic N) is 8. The molecule has 36 heavy (non-hydrogen) atoms. The summed E-state index contributed by atoms with van der Waals surface area (Å²) in [5.41, 5.74) is 4.92. The van der Waals surface area contributed by atoms with Gasteiger partial charge in [0.1, 0.15) is 17.1 Å². The molecule has 0 N–H and O–H groups in total. The lowest BCUT2D eigenvalue weighted by atomic mass is 9.89. The lowest BCUT2D eigenvalue weighted by Crippen LogP contribution is -2.63. The summed E-state index contributed by atoms with van der Waals surface area (Å²) in [6, 6.07) is 20.5. The standard InChI is InChI=1S/C25H24N8O2S/c1-18-27-28-24-9-8-21-23(33(18)24)14-22(31(21)15-19-6-4-3-5-7-19)20-10-13-32(29-20)25(11-12-26)16-30(17-25)36(2,34)35/h3-10,13-14H,11,15-17H2,1-2H3. The van der Waals surface area contributed by atoms with E-state index in [4.69, 9.17) is 5.10 Å². The quantitative estimate of drug-likeness (QED) is 0.354. The van der Waals surface area contributed by atoms with Crippen LogP contribution in [-0.2, 0) is 22.1 Å². The zero-order valence-electron chi connectivity index (χ0n) is 19.9. The van der Waals surface area contributed by atoms with Gasteiger partial charge in [-0.15, -0.1) is 10.2 Å². The first kappa shape index (κ1) is 22.5. The number of sulfonamides is 1. The number of hydrogen-bond donors (Lipinski definition) is 0. The fourth-order valence-corrected chi connectivity index (χ4v) is 5.99. The van der Waals surface area contributed by atoms with Crippen LogP contribution >= 0.6 is 0 Å². The van der Waals surface area contributed by atoms with E-state index in [1.165, 1.54) is 10.6 Å². The van der Waals surface area contributed by atoms with Gasteiger partial charge in [0.15, 0.2) is 5.65 Å². The van der Waals surface area contributed by atoms with Crippen LogP contribution in [0.3, 0.4) is 0 Å². The molecule has 5 heterocycles. The normalized spacial score (nSPS) is 15.8. The summed E-state index contributed by atoms with van der Waals surface area (Å²) >= 11 is 0. The Balaban J connectivity index is 1.48. The van der Waals surface area contributed by atoms with Gasteiger partial charge in [-0.3, -0.25) is 9.08 Å². The molecule has 10 nitrogen and oxygen atoms in total. The predicted octanol–water partition coefficient (Wildman–Crippen LogP) is 2.79. The molecule has 0 aliphatic carbocycles. The van der Waals surface area contributed by atoms with Crippen molar-refractivity contribution in [3.8, 4) is 17.5 Å². The van der Waals surface area contributed by atoms with Gasteiger partial charge < -0.3 is 4.57 Å². The number of pyridine rings is 1. The van der Waals surface area contributed by atoms with Crippen LogP contribution in [0, 0.1) is 18.3 Å². The summed E-state index contributed by atoms with van der Waals surface area (Å²) in [7, 11) is -3.32. The first-order valence-electron chi connectivity index (χ1n) is 11.6. The fourth-order valence-electron chi connectivity index (χ4n) is 5.04. The summed E-state index contributed by atoms with van der Waals surface area (Å²) in [6.45, 7) is 3.03. The first-order chi connectivity index (χ1) is 17.3. The van der Waals surface area contributed by atoms with Crippen LogP contribution in [0.1, 0.15) is 17.8 Å². The highest BCUT2D eigenvalue weighted by Crippen LogP contribution is 2.36. The Morgan fingerprint density at radius 3 is 2.56 bits per heavy atom. The minimum atomic E-state index is -3.32. The highest BCUT2D eigenvalue weighted by atomic mass is 32.2. The van der Waals surface area contributed by atoms with Crippen molar-refractivity contribution >= 4 is 26.7 Å². The van der Waals surface area contributed by atoms with Crippen LogP contribution < -0.4 is 0 Å². The summed E-state index contributed by atoms with van der Waals surface area (Å²) in [6.07, 6.45) is 3.21. The molecule has 0 amide bonds. The highest BCUT2D eigenvalue weighted by Gasteiger charge is 2.49. The van der Waals surface area contributed by atoms with Gasteiger partial charge in [-0.1, -0.05) is 30.3 Å². The second-order valence-electron chi connectivity index (χ2n) is 9.38. The number of aryl methyl sites for hydroxylation is 1. The van der Waals surface area contributed by atoms with E-state index in [1.54, 1.807) is 4.68 Å². The van der Waals surface area contributed by atoms with E-state index in [2.05, 4.69) is 45.1 Å². The van der Waals surface area contributed by atoms with E-state index in [0.29, 0.717) is 6.54 Å². The van der Waals surface area contributed by atoms with Gasteiger partial charge in [0.25, 0.3) is 0 Å². The number of rotatable bonds is 6. The maximum absolute atomic E-state index is 12.0. The van der Waals surface area contributed by atoms with E-state index in [0.717, 1.165) is 39.5 Å². The van der Waals surface area contributed by atoms with E-state index in [1.807, 2.05) is 47.9 Å². The van der Waals surface area contributed by atoms with E-state index >= 15 is 0 Å². The summed E-state index contributed by atoms with van der Waals surface area (Å²) < 4.78 is 31.4. The smallest absolute Gasteiger partial charge is 0.211 e. The highest BCUT2D eigenvalue weighted by molar-refractivity contribution is 7.88. The van der Waals surface area contributed by atoms with Gasteiger partial charge in [0.05, 0.1) is 35.5 Å². The minimum absolute atomic E-state index is 0.174. The lowest BCUT2D eigenvalue weighted by Gasteiger charge is -2.47. The molecule has 5 aromatic rings. The summed E-state index contributed by atoms with van der Waals surface area (Å²) in [4.78, 5) is 0. The minimum Gasteiger partial charge on any atom is -0.333 e. The van der Waals surface area contributed by atoms with Crippen molar-refractivity contribution < 1.29 is 8.42 Å². The molecule has 1 aliphatic rings. The monoisotopic (exact) mass is 500 g/mol. The zero-order chi connectivity index (χ0) is 25.1. The largest absolute Gasteiger partial charge is 0.333 e. The molecular weight excluding hydrogens is 476 g/mol. The Bertz CT molecular complexity index is 1750. The molecule has 6 rings (SSSR count). The third kappa shape index (κ3) is 3.49. The van der Waals surface area contributed by atoms with Crippen molar-refractivity contribution in [2.75, 3.05) is 19.3 Å². The van der Waals surface area contributed by atoms with Crippen LogP contribution in [0.2, 0.25) is 0 Å². The number of nitriles is 1. The molecule has 0 atom stereocenters. The molecule has 0 saturated carbocycles. The topological polar surface area (TPSA) is 114 Å². The molecule has 4 aromatic heterocycles. The maximum Gasteiger partial charge on any atom is 0.211 e. The Kier molecular flexibility index (Phi) is 5.00. The lowest BCUT2D eigenvalue weighted by molar-refractivity contribution is 0.0725. The predicted molar refractivity (Wildman–Crippen MR) is 135 cm³/mol. The zero-order valence-corrected chi connectivity index (χ0v) is 20.7. The Morgan fingerprint density at radius 2 is 1.83 bits per heavy atom. The molecule has 1 aromatic carbocycles. The van der Waals surface area contributed by atoms with Gasteiger partial charge in [-0.2, -0.15) is 14.7 Å². The molecule has 0 radical (unpaired) electrons. The molecule has 1 aliphatic heterocycles. The number of hydrogen-bond acceptors (Lipinski definition) is 6. The van der Waals surface area contributed by atoms with E-state index in [9.17, 15) is 13.7 Å². The van der Waals surface area contributed by atoms with Gasteiger partial charge >= 0.3 is 0 Å². The molecule has 0 unspecified atom stereocenters. The molecule has 11 heteroatoms. The van der Waals surface area contributed by atoms with Crippen LogP contribution in [0.15, 0.2) is 60.8 Å². The van der Waals surface area contributed by atoms with Crippen LogP contribution in [0.4, 0.5) is 0 Å². The third-order valence-corrected chi connectivity index (χ3v) is 8.13. The number of benzene rings is 1. The van der Waals surface area contributed by atoms with Crippen molar-refractivity contribution in [2.45, 2.75) is 25.4 Å². The van der Waals surface area contributed by atoms with Crippen molar-refractivity contribution in [1.82, 2.24) is 33.3 Å². The third-order valence-electron chi connectivity index (χ3n) is 6.94. The van der Waals surface area contributed by atoms with Gasteiger partial charge in [0, 0.05) is 25.8 Å². The SMILES string of the molecule is Cc1nnc2ccc3c(cc(-c4ccn(C5(CC#N)CN(S(C)(=O)=O)C5)n4)n3Cc3ccccc3)n12. The van der Waals surface area contributed by atoms with Crippen molar-refractivity contribution in [3.63, 3.8) is 0 Å². The van der Waals surface area contributed by atoms with Crippen LogP contribution in [0.25, 0.3) is 28.1 Å². The number of aromatic nitrogens is 6. The summed E-state index contributed by atoms with van der Waals surface area (Å²) in [5, 5.41) is 22.9. The first-order valence-corrected chi connectivity index (χ1v) is 13.4. The molecule has 1 fully saturated rings. The maximum atomic E-state index is 12.0. The number of fused-ring (bicyclic) bond motifs is 3. The Hall–Kier alpha value is -4.01. The van der Waals surface area contributed by atoms with E-state index in [-0.39, 0.29) is 19.5 Å². The molecule has 0 spiro atoms. The van der Waals surface area contributed by atoms with Crippen LogP contribution in [-0.4, -0.2) is 61.0 Å². The average molecular weight is 501 g/mol. The van der Waals surface area contributed by atoms with Gasteiger partial charge in [-0.05, 0) is 36.8 Å². The molecule has 182 valence electrons.